The fourth-order valence-corrected chi connectivity index (χ4v) is 2.11. The van der Waals surface area contributed by atoms with Crippen LogP contribution < -0.4 is 4.72 Å². The van der Waals surface area contributed by atoms with E-state index in [9.17, 15) is 13.2 Å². The third-order valence-corrected chi connectivity index (χ3v) is 3.80. The molecule has 0 aromatic carbocycles. The first-order valence-corrected chi connectivity index (χ1v) is 6.77. The molecule has 0 saturated carbocycles. The summed E-state index contributed by atoms with van der Waals surface area (Å²) in [6.45, 7) is 4.97. The average molecular weight is 262 g/mol. The zero-order chi connectivity index (χ0) is 13.6. The van der Waals surface area contributed by atoms with Crippen LogP contribution in [0.2, 0.25) is 0 Å². The lowest BCUT2D eigenvalue weighted by Crippen LogP contribution is -2.45. The van der Waals surface area contributed by atoms with E-state index in [1.807, 2.05) is 13.8 Å². The third kappa shape index (κ3) is 5.15. The van der Waals surface area contributed by atoms with Gasteiger partial charge in [-0.05, 0) is 19.3 Å². The monoisotopic (exact) mass is 262 g/mol. The van der Waals surface area contributed by atoms with Gasteiger partial charge >= 0.3 is 5.97 Å². The fraction of sp³-hybridized carbons (Fsp3) is 0.800. The number of carbonyl (C=O) groups excluding carboxylic acids is 1. The number of nitrogens with zero attached hydrogens (tertiary/aromatic N) is 1. The molecule has 0 radical (unpaired) electrons. The van der Waals surface area contributed by atoms with Gasteiger partial charge in [0.25, 0.3) is 0 Å². The van der Waals surface area contributed by atoms with Crippen LogP contribution in [0.5, 0.6) is 0 Å². The number of methoxy groups -OCH3 is 1. The zero-order valence-corrected chi connectivity index (χ0v) is 11.2. The highest BCUT2D eigenvalue weighted by molar-refractivity contribution is 7.90. The van der Waals surface area contributed by atoms with Crippen molar-refractivity contribution in [3.63, 3.8) is 0 Å². The van der Waals surface area contributed by atoms with Crippen LogP contribution in [-0.4, -0.2) is 32.8 Å². The van der Waals surface area contributed by atoms with Gasteiger partial charge in [0.1, 0.15) is 6.04 Å². The third-order valence-electron chi connectivity index (χ3n) is 2.15. The van der Waals surface area contributed by atoms with Crippen molar-refractivity contribution in [3.05, 3.63) is 0 Å². The predicted molar refractivity (Wildman–Crippen MR) is 62.4 cm³/mol. The second kappa shape index (κ2) is 6.57. The molecule has 17 heavy (non-hydrogen) atoms. The lowest BCUT2D eigenvalue weighted by molar-refractivity contribution is -0.143. The quantitative estimate of drug-likeness (QED) is 0.699. The summed E-state index contributed by atoms with van der Waals surface area (Å²) in [6.07, 6.45) is 0.323. The Hall–Kier alpha value is -1.13. The number of carbonyl (C=O) groups is 1. The van der Waals surface area contributed by atoms with Gasteiger partial charge in [0.2, 0.25) is 10.0 Å². The lowest BCUT2D eigenvalue weighted by atomic mass is 10.1. The Balaban J connectivity index is 4.88. The van der Waals surface area contributed by atoms with Gasteiger partial charge in [-0.2, -0.15) is 9.98 Å². The summed E-state index contributed by atoms with van der Waals surface area (Å²) in [4.78, 5) is 11.4. The summed E-state index contributed by atoms with van der Waals surface area (Å²) >= 11 is 0. The van der Waals surface area contributed by atoms with Crippen LogP contribution in [0.15, 0.2) is 0 Å². The largest absolute Gasteiger partial charge is 0.468 e. The molecule has 0 saturated heterocycles. The number of hydrogen-bond donors (Lipinski definition) is 1. The van der Waals surface area contributed by atoms with E-state index in [1.165, 1.54) is 14.0 Å². The van der Waals surface area contributed by atoms with Gasteiger partial charge in [0.05, 0.1) is 13.2 Å². The van der Waals surface area contributed by atoms with Crippen molar-refractivity contribution in [1.82, 2.24) is 4.72 Å². The van der Waals surface area contributed by atoms with E-state index in [2.05, 4.69) is 9.46 Å². The minimum Gasteiger partial charge on any atom is -0.468 e. The number of hydrogen-bond acceptors (Lipinski definition) is 5. The molecule has 7 heteroatoms. The normalized spacial score (nSPS) is 15.1. The van der Waals surface area contributed by atoms with Crippen molar-refractivity contribution in [2.75, 3.05) is 7.11 Å². The molecule has 0 aromatic rings. The molecule has 98 valence electrons. The molecule has 0 aliphatic heterocycles. The van der Waals surface area contributed by atoms with E-state index >= 15 is 0 Å². The SMILES string of the molecule is COC(=O)C(CC(C)C)NS(=O)(=O)C(C)C#N. The molecule has 2 atom stereocenters. The molecular weight excluding hydrogens is 244 g/mol. The predicted octanol–water partition coefficient (Wildman–Crippen LogP) is 0.406. The van der Waals surface area contributed by atoms with E-state index in [0.29, 0.717) is 6.42 Å². The molecule has 0 bridgehead atoms. The lowest BCUT2D eigenvalue weighted by Gasteiger charge is -2.18. The van der Waals surface area contributed by atoms with Gasteiger partial charge in [0, 0.05) is 0 Å². The molecule has 0 rings (SSSR count). The average Bonchev–Trinajstić information content (AvgIpc) is 2.24. The van der Waals surface area contributed by atoms with Crippen LogP contribution in [0.3, 0.4) is 0 Å². The highest BCUT2D eigenvalue weighted by Gasteiger charge is 2.29. The van der Waals surface area contributed by atoms with E-state index in [-0.39, 0.29) is 5.92 Å². The molecule has 0 heterocycles. The maximum absolute atomic E-state index is 11.6. The summed E-state index contributed by atoms with van der Waals surface area (Å²) in [5.74, 6) is -0.522. The second-order valence-corrected chi connectivity index (χ2v) is 6.17. The van der Waals surface area contributed by atoms with Crippen LogP contribution in [-0.2, 0) is 19.6 Å². The highest BCUT2D eigenvalue weighted by Crippen LogP contribution is 2.09. The molecule has 0 amide bonds. The minimum absolute atomic E-state index is 0.124. The fourth-order valence-electron chi connectivity index (χ4n) is 1.18. The number of nitriles is 1. The van der Waals surface area contributed by atoms with E-state index < -0.39 is 27.3 Å². The van der Waals surface area contributed by atoms with E-state index in [1.54, 1.807) is 6.07 Å². The van der Waals surface area contributed by atoms with Crippen molar-refractivity contribution in [2.45, 2.75) is 38.5 Å². The number of rotatable bonds is 6. The Morgan fingerprint density at radius 2 is 1.94 bits per heavy atom. The Labute approximate surface area is 102 Å². The maximum Gasteiger partial charge on any atom is 0.323 e. The molecule has 2 unspecified atom stereocenters. The molecule has 0 fully saturated rings. The van der Waals surface area contributed by atoms with E-state index in [4.69, 9.17) is 5.26 Å². The summed E-state index contributed by atoms with van der Waals surface area (Å²) in [5, 5.41) is 7.37. The molecule has 0 spiro atoms. The van der Waals surface area contributed by atoms with Gasteiger partial charge in [-0.15, -0.1) is 0 Å². The summed E-state index contributed by atoms with van der Waals surface area (Å²) in [5.41, 5.74) is 0. The molecule has 0 aliphatic rings. The van der Waals surface area contributed by atoms with Gasteiger partial charge in [0.15, 0.2) is 5.25 Å². The van der Waals surface area contributed by atoms with Crippen molar-refractivity contribution in [2.24, 2.45) is 5.92 Å². The van der Waals surface area contributed by atoms with Crippen molar-refractivity contribution < 1.29 is 17.9 Å². The van der Waals surface area contributed by atoms with Crippen molar-refractivity contribution >= 4 is 16.0 Å². The van der Waals surface area contributed by atoms with Gasteiger partial charge in [-0.1, -0.05) is 13.8 Å². The molecule has 0 aromatic heterocycles. The van der Waals surface area contributed by atoms with Gasteiger partial charge in [-0.25, -0.2) is 8.42 Å². The van der Waals surface area contributed by atoms with E-state index in [0.717, 1.165) is 0 Å². The highest BCUT2D eigenvalue weighted by atomic mass is 32.2. The molecule has 1 N–H and O–H groups in total. The standard InChI is InChI=1S/C10H18N2O4S/c1-7(2)5-9(10(13)16-4)12-17(14,15)8(3)6-11/h7-9,12H,5H2,1-4H3. The first-order valence-electron chi connectivity index (χ1n) is 5.23. The number of nitrogens with one attached hydrogen (secondary N) is 1. The van der Waals surface area contributed by atoms with Gasteiger partial charge in [-0.3, -0.25) is 4.79 Å². The Morgan fingerprint density at radius 3 is 2.29 bits per heavy atom. The van der Waals surface area contributed by atoms with Gasteiger partial charge < -0.3 is 4.74 Å². The van der Waals surface area contributed by atoms with Crippen molar-refractivity contribution in [1.29, 1.82) is 5.26 Å². The summed E-state index contributed by atoms with van der Waals surface area (Å²) < 4.78 is 30.0. The van der Waals surface area contributed by atoms with Crippen LogP contribution in [0.4, 0.5) is 0 Å². The minimum atomic E-state index is -3.82. The molecule has 0 aliphatic carbocycles. The first kappa shape index (κ1) is 15.9. The first-order chi connectivity index (χ1) is 7.74. The van der Waals surface area contributed by atoms with Crippen LogP contribution >= 0.6 is 0 Å². The Bertz CT molecular complexity index is 397. The number of sulfonamides is 1. The Morgan fingerprint density at radius 1 is 1.41 bits per heavy atom. The zero-order valence-electron chi connectivity index (χ0n) is 10.4. The Kier molecular flexibility index (Phi) is 6.13. The number of esters is 1. The summed E-state index contributed by atoms with van der Waals surface area (Å²) in [6, 6.07) is 0.675. The molecule has 6 nitrogen and oxygen atoms in total. The van der Waals surface area contributed by atoms with Crippen molar-refractivity contribution in [3.8, 4) is 6.07 Å². The molecular formula is C10H18N2O4S. The summed E-state index contributed by atoms with van der Waals surface area (Å²) in [7, 11) is -2.63. The van der Waals surface area contributed by atoms with Crippen LogP contribution in [0.1, 0.15) is 27.2 Å². The van der Waals surface area contributed by atoms with Crippen LogP contribution in [0.25, 0.3) is 0 Å². The topological polar surface area (TPSA) is 96.3 Å². The second-order valence-electron chi connectivity index (χ2n) is 4.14. The van der Waals surface area contributed by atoms with Crippen LogP contribution in [0, 0.1) is 17.2 Å². The number of ether oxygens (including phenoxy) is 1. The smallest absolute Gasteiger partial charge is 0.323 e. The maximum atomic E-state index is 11.6.